The molecular formula is C24H33N3O2. The Morgan fingerprint density at radius 1 is 0.690 bits per heavy atom. The van der Waals surface area contributed by atoms with E-state index in [-0.39, 0.29) is 12.1 Å². The van der Waals surface area contributed by atoms with Crippen molar-refractivity contribution in [2.24, 2.45) is 0 Å². The average Bonchev–Trinajstić information content (AvgIpc) is 2.77. The first kappa shape index (κ1) is 20.5. The lowest BCUT2D eigenvalue weighted by molar-refractivity contribution is 0.00123. The van der Waals surface area contributed by atoms with Crippen LogP contribution in [0.4, 0.5) is 0 Å². The number of aliphatic hydroxyl groups excluding tert-OH is 1. The predicted octanol–water partition coefficient (Wildman–Crippen LogP) is 2.09. The van der Waals surface area contributed by atoms with Gasteiger partial charge in [-0.2, -0.15) is 0 Å². The SMILES string of the molecule is O[C@H](CN1CCOCC1)CN1CCN(C(c2ccccc2)c2ccccc2)CC1. The quantitative estimate of drug-likeness (QED) is 0.777. The molecule has 1 atom stereocenters. The number of aliphatic hydroxyl groups is 1. The topological polar surface area (TPSA) is 39.2 Å². The van der Waals surface area contributed by atoms with Crippen LogP contribution in [0.1, 0.15) is 17.2 Å². The second-order valence-electron chi connectivity index (χ2n) is 8.13. The number of rotatable bonds is 7. The predicted molar refractivity (Wildman–Crippen MR) is 116 cm³/mol. The van der Waals surface area contributed by atoms with E-state index in [0.29, 0.717) is 0 Å². The van der Waals surface area contributed by atoms with Crippen molar-refractivity contribution in [3.63, 3.8) is 0 Å². The third-order valence-electron chi connectivity index (χ3n) is 6.04. The molecule has 1 N–H and O–H groups in total. The minimum Gasteiger partial charge on any atom is -0.390 e. The molecule has 5 heteroatoms. The molecule has 0 unspecified atom stereocenters. The number of morpholine rings is 1. The van der Waals surface area contributed by atoms with Gasteiger partial charge in [-0.05, 0) is 11.1 Å². The molecule has 2 fully saturated rings. The number of piperazine rings is 1. The highest BCUT2D eigenvalue weighted by Crippen LogP contribution is 2.29. The highest BCUT2D eigenvalue weighted by atomic mass is 16.5. The Kier molecular flexibility index (Phi) is 7.30. The Balaban J connectivity index is 1.34. The average molecular weight is 396 g/mol. The van der Waals surface area contributed by atoms with Crippen molar-refractivity contribution in [3.8, 4) is 0 Å². The summed E-state index contributed by atoms with van der Waals surface area (Å²) in [5, 5.41) is 10.5. The zero-order valence-corrected chi connectivity index (χ0v) is 17.2. The Labute approximate surface area is 174 Å². The summed E-state index contributed by atoms with van der Waals surface area (Å²) < 4.78 is 5.40. The van der Waals surface area contributed by atoms with E-state index in [9.17, 15) is 5.11 Å². The molecule has 4 rings (SSSR count). The summed E-state index contributed by atoms with van der Waals surface area (Å²) >= 11 is 0. The van der Waals surface area contributed by atoms with Crippen LogP contribution in [0.5, 0.6) is 0 Å². The summed E-state index contributed by atoms with van der Waals surface area (Å²) in [5.74, 6) is 0. The van der Waals surface area contributed by atoms with Crippen molar-refractivity contribution in [1.29, 1.82) is 0 Å². The van der Waals surface area contributed by atoms with Gasteiger partial charge in [-0.25, -0.2) is 0 Å². The van der Waals surface area contributed by atoms with E-state index >= 15 is 0 Å². The molecule has 0 bridgehead atoms. The molecule has 2 aromatic carbocycles. The van der Waals surface area contributed by atoms with Crippen molar-refractivity contribution in [3.05, 3.63) is 71.8 Å². The molecule has 0 saturated carbocycles. The molecule has 0 radical (unpaired) electrons. The fourth-order valence-electron chi connectivity index (χ4n) is 4.53. The van der Waals surface area contributed by atoms with Crippen LogP contribution >= 0.6 is 0 Å². The van der Waals surface area contributed by atoms with Crippen molar-refractivity contribution < 1.29 is 9.84 Å². The van der Waals surface area contributed by atoms with Crippen LogP contribution < -0.4 is 0 Å². The van der Waals surface area contributed by atoms with Gasteiger partial charge in [-0.3, -0.25) is 14.7 Å². The Morgan fingerprint density at radius 2 is 1.17 bits per heavy atom. The Hall–Kier alpha value is -1.76. The van der Waals surface area contributed by atoms with Gasteiger partial charge >= 0.3 is 0 Å². The molecule has 29 heavy (non-hydrogen) atoms. The molecule has 0 aliphatic carbocycles. The van der Waals surface area contributed by atoms with E-state index in [1.807, 2.05) is 0 Å². The van der Waals surface area contributed by atoms with Gasteiger partial charge in [0.1, 0.15) is 0 Å². The molecule has 2 heterocycles. The summed E-state index contributed by atoms with van der Waals surface area (Å²) in [4.78, 5) is 7.30. The molecule has 0 amide bonds. The molecule has 156 valence electrons. The second kappa shape index (κ2) is 10.3. The largest absolute Gasteiger partial charge is 0.390 e. The van der Waals surface area contributed by atoms with Crippen molar-refractivity contribution in [2.75, 3.05) is 65.6 Å². The smallest absolute Gasteiger partial charge is 0.0793 e. The van der Waals surface area contributed by atoms with E-state index in [4.69, 9.17) is 4.74 Å². The first-order chi connectivity index (χ1) is 14.3. The minimum atomic E-state index is -0.293. The number of β-amino-alcohol motifs (C(OH)–C–C–N with tert-alkyl or cyclic N) is 1. The highest BCUT2D eigenvalue weighted by molar-refractivity contribution is 5.31. The molecular weight excluding hydrogens is 362 g/mol. The normalized spacial score (nSPS) is 20.8. The first-order valence-electron chi connectivity index (χ1n) is 10.8. The van der Waals surface area contributed by atoms with E-state index in [2.05, 4.69) is 75.4 Å². The van der Waals surface area contributed by atoms with Gasteiger partial charge in [-0.15, -0.1) is 0 Å². The maximum atomic E-state index is 10.5. The molecule has 2 aliphatic rings. The third-order valence-corrected chi connectivity index (χ3v) is 6.04. The Morgan fingerprint density at radius 3 is 1.69 bits per heavy atom. The molecule has 2 aliphatic heterocycles. The van der Waals surface area contributed by atoms with Crippen LogP contribution in [0.2, 0.25) is 0 Å². The second-order valence-corrected chi connectivity index (χ2v) is 8.13. The number of benzene rings is 2. The van der Waals surface area contributed by atoms with Crippen LogP contribution in [-0.2, 0) is 4.74 Å². The van der Waals surface area contributed by atoms with Crippen molar-refractivity contribution in [1.82, 2.24) is 14.7 Å². The van der Waals surface area contributed by atoms with Crippen LogP contribution in [-0.4, -0.2) is 91.5 Å². The molecule has 2 saturated heterocycles. The third kappa shape index (κ3) is 5.65. The monoisotopic (exact) mass is 395 g/mol. The zero-order chi connectivity index (χ0) is 19.9. The van der Waals surface area contributed by atoms with Crippen LogP contribution in [0.25, 0.3) is 0 Å². The number of hydrogen-bond acceptors (Lipinski definition) is 5. The lowest BCUT2D eigenvalue weighted by Gasteiger charge is -2.40. The molecule has 0 spiro atoms. The highest BCUT2D eigenvalue weighted by Gasteiger charge is 2.27. The minimum absolute atomic E-state index is 0.290. The van der Waals surface area contributed by atoms with Crippen molar-refractivity contribution >= 4 is 0 Å². The standard InChI is InChI=1S/C24H33N3O2/c28-23(20-26-15-17-29-18-16-26)19-25-11-13-27(14-12-25)24(21-7-3-1-4-8-21)22-9-5-2-6-10-22/h1-10,23-24,28H,11-20H2/t23-/m0/s1. The van der Waals surface area contributed by atoms with Gasteiger partial charge in [0.25, 0.3) is 0 Å². The van der Waals surface area contributed by atoms with Crippen molar-refractivity contribution in [2.45, 2.75) is 12.1 Å². The maximum absolute atomic E-state index is 10.5. The summed E-state index contributed by atoms with van der Waals surface area (Å²) in [6.45, 7) is 8.95. The summed E-state index contributed by atoms with van der Waals surface area (Å²) in [7, 11) is 0. The lowest BCUT2D eigenvalue weighted by atomic mass is 9.96. The van der Waals surface area contributed by atoms with Gasteiger partial charge in [0.2, 0.25) is 0 Å². The van der Waals surface area contributed by atoms with E-state index in [1.165, 1.54) is 11.1 Å². The maximum Gasteiger partial charge on any atom is 0.0793 e. The summed E-state index contributed by atoms with van der Waals surface area (Å²) in [6.07, 6.45) is -0.293. The van der Waals surface area contributed by atoms with E-state index < -0.39 is 0 Å². The van der Waals surface area contributed by atoms with Gasteiger partial charge in [0, 0.05) is 52.4 Å². The van der Waals surface area contributed by atoms with Crippen LogP contribution in [0, 0.1) is 0 Å². The lowest BCUT2D eigenvalue weighted by Crippen LogP contribution is -2.51. The number of nitrogens with zero attached hydrogens (tertiary/aromatic N) is 3. The Bertz CT molecular complexity index is 674. The first-order valence-corrected chi connectivity index (χ1v) is 10.8. The fourth-order valence-corrected chi connectivity index (χ4v) is 4.53. The number of ether oxygens (including phenoxy) is 1. The number of hydrogen-bond donors (Lipinski definition) is 1. The van der Waals surface area contributed by atoms with Crippen LogP contribution in [0.3, 0.4) is 0 Å². The zero-order valence-electron chi connectivity index (χ0n) is 17.2. The summed E-state index contributed by atoms with van der Waals surface area (Å²) in [5.41, 5.74) is 2.69. The van der Waals surface area contributed by atoms with Crippen LogP contribution in [0.15, 0.2) is 60.7 Å². The molecule has 0 aromatic heterocycles. The molecule has 5 nitrogen and oxygen atoms in total. The van der Waals surface area contributed by atoms with Gasteiger partial charge in [-0.1, -0.05) is 60.7 Å². The van der Waals surface area contributed by atoms with Gasteiger partial charge in [0.05, 0.1) is 25.4 Å². The van der Waals surface area contributed by atoms with E-state index in [0.717, 1.165) is 65.6 Å². The molecule has 2 aromatic rings. The fraction of sp³-hybridized carbons (Fsp3) is 0.500. The van der Waals surface area contributed by atoms with Gasteiger partial charge < -0.3 is 9.84 Å². The van der Waals surface area contributed by atoms with E-state index in [1.54, 1.807) is 0 Å². The van der Waals surface area contributed by atoms with Gasteiger partial charge in [0.15, 0.2) is 0 Å². The summed E-state index contributed by atoms with van der Waals surface area (Å²) in [6, 6.07) is 21.9.